The van der Waals surface area contributed by atoms with Gasteiger partial charge in [0.1, 0.15) is 4.34 Å². The zero-order valence-corrected chi connectivity index (χ0v) is 14.0. The van der Waals surface area contributed by atoms with Crippen LogP contribution in [0.5, 0.6) is 0 Å². The first kappa shape index (κ1) is 15.2. The summed E-state index contributed by atoms with van der Waals surface area (Å²) in [5, 5.41) is 7.85. The van der Waals surface area contributed by atoms with Gasteiger partial charge in [-0.1, -0.05) is 31.2 Å². The smallest absolute Gasteiger partial charge is 0.623 e. The van der Waals surface area contributed by atoms with Crippen molar-refractivity contribution in [3.8, 4) is 0 Å². The molecule has 2 rings (SSSR count). The molecule has 5 heteroatoms. The van der Waals surface area contributed by atoms with Gasteiger partial charge in [-0.15, -0.1) is 11.3 Å². The summed E-state index contributed by atoms with van der Waals surface area (Å²) in [6.07, 6.45) is 2.24. The van der Waals surface area contributed by atoms with Gasteiger partial charge < -0.3 is 5.14 Å². The average Bonchev–Trinajstić information content (AvgIpc) is 2.60. The second-order valence-corrected chi connectivity index (χ2v) is 7.36. The number of nitrogens with one attached hydrogen (secondary N) is 1. The predicted octanol–water partition coefficient (Wildman–Crippen LogP) is 1.25. The predicted molar refractivity (Wildman–Crippen MR) is 78.0 cm³/mol. The molecule has 2 aromatic rings. The first-order valence-electron chi connectivity index (χ1n) is 5.14. The number of aromatic nitrogens is 1. The van der Waals surface area contributed by atoms with E-state index in [4.69, 9.17) is 5.14 Å². The van der Waals surface area contributed by atoms with E-state index in [9.17, 15) is 0 Å². The first-order valence-corrected chi connectivity index (χ1v) is 7.93. The molecule has 1 aromatic heterocycles. The largest absolute Gasteiger partial charge is 1.00 e. The van der Waals surface area contributed by atoms with Crippen molar-refractivity contribution in [2.45, 2.75) is 24.1 Å². The van der Waals surface area contributed by atoms with Gasteiger partial charge >= 0.3 is 29.6 Å². The summed E-state index contributed by atoms with van der Waals surface area (Å²) in [6.45, 7) is 2.17. The SMILES string of the molecule is C=S(=C)([NH-])c1nc2ccc(CCC)cc2s1.[Na+]. The minimum absolute atomic E-state index is 0. The van der Waals surface area contributed by atoms with Gasteiger partial charge in [-0.05, 0) is 24.1 Å². The minimum Gasteiger partial charge on any atom is -0.623 e. The van der Waals surface area contributed by atoms with Crippen LogP contribution >= 0.6 is 20.7 Å². The van der Waals surface area contributed by atoms with Crippen LogP contribution in [0.4, 0.5) is 0 Å². The second-order valence-electron chi connectivity index (χ2n) is 3.92. The molecule has 0 spiro atoms. The fourth-order valence-electron chi connectivity index (χ4n) is 1.56. The fourth-order valence-corrected chi connectivity index (χ4v) is 3.50. The summed E-state index contributed by atoms with van der Waals surface area (Å²) in [5.41, 5.74) is 2.31. The molecule has 0 amide bonds. The van der Waals surface area contributed by atoms with Crippen molar-refractivity contribution in [1.82, 2.24) is 4.98 Å². The Labute approximate surface area is 129 Å². The molecule has 17 heavy (non-hydrogen) atoms. The molecule has 0 aliphatic carbocycles. The molecule has 0 bridgehead atoms. The molecule has 0 fully saturated rings. The Morgan fingerprint density at radius 2 is 2.12 bits per heavy atom. The zero-order valence-electron chi connectivity index (χ0n) is 10.3. The number of thiazole rings is 1. The van der Waals surface area contributed by atoms with E-state index in [1.54, 1.807) is 11.3 Å². The number of hydrogen-bond donors (Lipinski definition) is 0. The van der Waals surface area contributed by atoms with Crippen molar-refractivity contribution < 1.29 is 29.6 Å². The number of benzene rings is 1. The second kappa shape index (κ2) is 5.87. The van der Waals surface area contributed by atoms with Gasteiger partial charge in [0.05, 0.1) is 10.2 Å². The third kappa shape index (κ3) is 3.56. The van der Waals surface area contributed by atoms with Crippen LogP contribution in [0.15, 0.2) is 22.5 Å². The van der Waals surface area contributed by atoms with Crippen LogP contribution in [0, 0.1) is 0 Å². The molecule has 0 radical (unpaired) electrons. The van der Waals surface area contributed by atoms with Crippen molar-refractivity contribution in [3.63, 3.8) is 0 Å². The van der Waals surface area contributed by atoms with Crippen LogP contribution in [0.1, 0.15) is 18.9 Å². The van der Waals surface area contributed by atoms with E-state index in [-0.39, 0.29) is 29.6 Å². The maximum Gasteiger partial charge on any atom is 1.00 e. The van der Waals surface area contributed by atoms with Crippen LogP contribution in [-0.2, 0) is 6.42 Å². The van der Waals surface area contributed by atoms with Gasteiger partial charge in [0.2, 0.25) is 0 Å². The number of fused-ring (bicyclic) bond motifs is 1. The Kier molecular flexibility index (Phi) is 5.25. The van der Waals surface area contributed by atoms with Gasteiger partial charge in [-0.3, -0.25) is 9.39 Å². The molecule has 0 atom stereocenters. The molecule has 0 unspecified atom stereocenters. The first-order chi connectivity index (χ1) is 7.50. The van der Waals surface area contributed by atoms with Crippen LogP contribution < -0.4 is 29.6 Å². The molecule has 0 saturated carbocycles. The minimum atomic E-state index is -1.93. The third-order valence-electron chi connectivity index (χ3n) is 2.31. The number of rotatable bonds is 3. The Balaban J connectivity index is 0.00000144. The van der Waals surface area contributed by atoms with E-state index in [0.29, 0.717) is 0 Å². The molecule has 0 aliphatic rings. The maximum atomic E-state index is 7.85. The number of nitrogens with zero attached hydrogens (tertiary/aromatic N) is 1. The monoisotopic (exact) mass is 274 g/mol. The van der Waals surface area contributed by atoms with Crippen molar-refractivity contribution in [2.24, 2.45) is 0 Å². The van der Waals surface area contributed by atoms with E-state index in [1.165, 1.54) is 5.56 Å². The van der Waals surface area contributed by atoms with Crippen molar-refractivity contribution >= 4 is 42.7 Å². The molecule has 0 saturated heterocycles. The summed E-state index contributed by atoms with van der Waals surface area (Å²) in [5.74, 6) is 7.56. The Morgan fingerprint density at radius 3 is 2.71 bits per heavy atom. The van der Waals surface area contributed by atoms with Gasteiger partial charge in [-0.2, -0.15) is 0 Å². The molecular formula is C12H15N2NaS2. The Bertz CT molecular complexity index is 614. The van der Waals surface area contributed by atoms with Gasteiger partial charge in [-0.25, -0.2) is 4.98 Å². The van der Waals surface area contributed by atoms with Crippen molar-refractivity contribution in [1.29, 1.82) is 0 Å². The molecule has 86 valence electrons. The Hall–Kier alpha value is 0.160. The standard InChI is InChI=1S/C12H15N2S2.Na/c1-4-5-9-6-7-10-11(8-9)15-12(14-10)16(2,3)13;/h6-8,13H,2-5H2,1H3;/q-1;+1. The van der Waals surface area contributed by atoms with Crippen LogP contribution in [-0.4, -0.2) is 16.7 Å². The third-order valence-corrected chi connectivity index (χ3v) is 5.09. The van der Waals surface area contributed by atoms with Gasteiger partial charge in [0.15, 0.2) is 0 Å². The maximum absolute atomic E-state index is 7.85. The van der Waals surface area contributed by atoms with E-state index < -0.39 is 9.39 Å². The summed E-state index contributed by atoms with van der Waals surface area (Å²) < 4.78 is 1.91. The molecule has 0 aliphatic heterocycles. The van der Waals surface area contributed by atoms with Crippen LogP contribution in [0.3, 0.4) is 0 Å². The van der Waals surface area contributed by atoms with Crippen molar-refractivity contribution in [3.05, 3.63) is 28.9 Å². The molecule has 1 heterocycles. The molecule has 2 nitrogen and oxygen atoms in total. The summed E-state index contributed by atoms with van der Waals surface area (Å²) >= 11 is 1.56. The van der Waals surface area contributed by atoms with Crippen LogP contribution in [0.2, 0.25) is 0 Å². The van der Waals surface area contributed by atoms with Gasteiger partial charge in [0.25, 0.3) is 0 Å². The van der Waals surface area contributed by atoms with E-state index in [1.807, 2.05) is 6.07 Å². The van der Waals surface area contributed by atoms with E-state index in [0.717, 1.165) is 27.4 Å². The summed E-state index contributed by atoms with van der Waals surface area (Å²) in [6, 6.07) is 6.32. The number of aryl methyl sites for hydroxylation is 1. The molecular weight excluding hydrogens is 259 g/mol. The number of hydrogen-bond acceptors (Lipinski definition) is 2. The van der Waals surface area contributed by atoms with Gasteiger partial charge in [0, 0.05) is 0 Å². The normalized spacial score (nSPS) is 11.4. The topological polar surface area (TPSA) is 36.7 Å². The summed E-state index contributed by atoms with van der Waals surface area (Å²) in [4.78, 5) is 4.43. The average molecular weight is 274 g/mol. The molecule has 1 aromatic carbocycles. The van der Waals surface area contributed by atoms with E-state index in [2.05, 4.69) is 35.8 Å². The Morgan fingerprint density at radius 1 is 1.41 bits per heavy atom. The van der Waals surface area contributed by atoms with Crippen LogP contribution in [0.25, 0.3) is 15.4 Å². The van der Waals surface area contributed by atoms with E-state index >= 15 is 0 Å². The quantitative estimate of drug-likeness (QED) is 0.613. The van der Waals surface area contributed by atoms with Crippen molar-refractivity contribution in [2.75, 3.05) is 0 Å². The fraction of sp³-hybridized carbons (Fsp3) is 0.250. The zero-order chi connectivity index (χ0) is 11.8. The molecule has 1 N–H and O–H groups in total. The summed E-state index contributed by atoms with van der Waals surface area (Å²) in [7, 11) is -1.93.